The quantitative estimate of drug-likeness (QED) is 0.830. The van der Waals surface area contributed by atoms with Crippen molar-refractivity contribution in [1.29, 1.82) is 0 Å². The first kappa shape index (κ1) is 14.3. The predicted molar refractivity (Wildman–Crippen MR) is 73.0 cm³/mol. The smallest absolute Gasteiger partial charge is 0.222 e. The Morgan fingerprint density at radius 3 is 2.95 bits per heavy atom. The topological polar surface area (TPSA) is 20.3 Å². The van der Waals surface area contributed by atoms with Gasteiger partial charge < -0.3 is 4.90 Å². The van der Waals surface area contributed by atoms with Crippen LogP contribution in [0.25, 0.3) is 0 Å². The van der Waals surface area contributed by atoms with E-state index >= 15 is 0 Å². The van der Waals surface area contributed by atoms with Crippen LogP contribution in [0.2, 0.25) is 0 Å². The minimum atomic E-state index is -0.414. The highest BCUT2D eigenvalue weighted by molar-refractivity contribution is 7.99. The van der Waals surface area contributed by atoms with Gasteiger partial charge in [0.15, 0.2) is 0 Å². The van der Waals surface area contributed by atoms with Gasteiger partial charge in [-0.05, 0) is 24.6 Å². The van der Waals surface area contributed by atoms with E-state index in [0.717, 1.165) is 11.8 Å². The Bertz CT molecular complexity index is 467. The highest BCUT2D eigenvalue weighted by Gasteiger charge is 2.23. The molecule has 0 radical (unpaired) electrons. The summed E-state index contributed by atoms with van der Waals surface area (Å²) in [6, 6.07) is 3.57. The molecule has 1 heterocycles. The average Bonchev–Trinajstić information content (AvgIpc) is 2.66. The number of nitrogens with zero attached hydrogens (tertiary/aromatic N) is 1. The molecule has 1 saturated heterocycles. The van der Waals surface area contributed by atoms with Crippen molar-refractivity contribution in [3.05, 3.63) is 35.4 Å². The van der Waals surface area contributed by atoms with Crippen molar-refractivity contribution in [2.24, 2.45) is 0 Å². The zero-order valence-corrected chi connectivity index (χ0v) is 11.7. The number of carbonyl (C=O) groups excluding carboxylic acids is 1. The molecule has 0 spiro atoms. The van der Waals surface area contributed by atoms with E-state index in [2.05, 4.69) is 0 Å². The average molecular weight is 285 g/mol. The molecule has 0 N–H and O–H groups in total. The lowest BCUT2D eigenvalue weighted by Gasteiger charge is -2.19. The molecular formula is C14H17F2NOS. The van der Waals surface area contributed by atoms with E-state index in [0.29, 0.717) is 31.5 Å². The first-order valence-corrected chi connectivity index (χ1v) is 7.51. The summed E-state index contributed by atoms with van der Waals surface area (Å²) >= 11 is 1.59. The van der Waals surface area contributed by atoms with Gasteiger partial charge in [0.2, 0.25) is 5.91 Å². The number of carbonyl (C=O) groups is 1. The van der Waals surface area contributed by atoms with E-state index in [9.17, 15) is 13.6 Å². The van der Waals surface area contributed by atoms with Crippen LogP contribution in [0.5, 0.6) is 0 Å². The van der Waals surface area contributed by atoms with Crippen molar-refractivity contribution in [2.75, 3.05) is 18.8 Å². The number of thioether (sulfide) groups is 1. The molecule has 1 unspecified atom stereocenters. The minimum absolute atomic E-state index is 0.0784. The van der Waals surface area contributed by atoms with Crippen LogP contribution in [0.1, 0.15) is 30.6 Å². The molecule has 19 heavy (non-hydrogen) atoms. The maximum Gasteiger partial charge on any atom is 0.222 e. The Morgan fingerprint density at radius 1 is 1.42 bits per heavy atom. The van der Waals surface area contributed by atoms with Crippen LogP contribution >= 0.6 is 11.8 Å². The Kier molecular flexibility index (Phi) is 4.80. The fourth-order valence-corrected chi connectivity index (χ4v) is 3.50. The molecular weight excluding hydrogens is 268 g/mol. The summed E-state index contributed by atoms with van der Waals surface area (Å²) in [5.41, 5.74) is 0.413. The Hall–Kier alpha value is -1.10. The highest BCUT2D eigenvalue weighted by Crippen LogP contribution is 2.36. The summed E-state index contributed by atoms with van der Waals surface area (Å²) in [4.78, 5) is 13.5. The van der Waals surface area contributed by atoms with E-state index < -0.39 is 5.82 Å². The molecule has 0 aliphatic carbocycles. The molecule has 1 aromatic rings. The van der Waals surface area contributed by atoms with Gasteiger partial charge >= 0.3 is 0 Å². The molecule has 2 rings (SSSR count). The lowest BCUT2D eigenvalue weighted by molar-refractivity contribution is -0.130. The number of hydrogen-bond donors (Lipinski definition) is 0. The van der Waals surface area contributed by atoms with Gasteiger partial charge in [-0.1, -0.05) is 6.92 Å². The normalized spacial score (nSPS) is 20.2. The van der Waals surface area contributed by atoms with Gasteiger partial charge in [0.25, 0.3) is 0 Å². The number of hydrogen-bond acceptors (Lipinski definition) is 2. The second-order valence-corrected chi connectivity index (χ2v) is 5.86. The molecule has 0 saturated carbocycles. The third kappa shape index (κ3) is 3.47. The molecule has 0 bridgehead atoms. The van der Waals surface area contributed by atoms with Crippen LogP contribution in [0.15, 0.2) is 18.2 Å². The third-order valence-electron chi connectivity index (χ3n) is 3.30. The number of benzene rings is 1. The largest absolute Gasteiger partial charge is 0.342 e. The lowest BCUT2D eigenvalue weighted by Crippen LogP contribution is -2.32. The third-order valence-corrected chi connectivity index (χ3v) is 4.61. The van der Waals surface area contributed by atoms with Gasteiger partial charge in [0.05, 0.1) is 0 Å². The number of rotatable bonds is 2. The second kappa shape index (κ2) is 6.37. The summed E-state index contributed by atoms with van der Waals surface area (Å²) in [5.74, 6) is 0.102. The molecule has 1 aromatic carbocycles. The first-order valence-electron chi connectivity index (χ1n) is 6.46. The molecule has 104 valence electrons. The van der Waals surface area contributed by atoms with E-state index in [1.54, 1.807) is 11.8 Å². The van der Waals surface area contributed by atoms with Crippen molar-refractivity contribution < 1.29 is 13.6 Å². The summed E-state index contributed by atoms with van der Waals surface area (Å²) in [7, 11) is 0. The molecule has 0 aromatic heterocycles. The zero-order valence-electron chi connectivity index (χ0n) is 10.9. The molecule has 5 heteroatoms. The van der Waals surface area contributed by atoms with Crippen LogP contribution in [0.4, 0.5) is 8.78 Å². The number of halogens is 2. The van der Waals surface area contributed by atoms with Crippen LogP contribution in [0, 0.1) is 11.6 Å². The van der Waals surface area contributed by atoms with Crippen LogP contribution in [-0.4, -0.2) is 29.6 Å². The van der Waals surface area contributed by atoms with Gasteiger partial charge in [-0.2, -0.15) is 11.8 Å². The van der Waals surface area contributed by atoms with Crippen LogP contribution in [0.3, 0.4) is 0 Å². The second-order valence-electron chi connectivity index (χ2n) is 4.55. The molecule has 2 nitrogen and oxygen atoms in total. The van der Waals surface area contributed by atoms with Crippen molar-refractivity contribution in [2.45, 2.75) is 25.0 Å². The monoisotopic (exact) mass is 285 g/mol. The zero-order chi connectivity index (χ0) is 13.8. The van der Waals surface area contributed by atoms with Gasteiger partial charge in [-0.15, -0.1) is 0 Å². The summed E-state index contributed by atoms with van der Waals surface area (Å²) in [6.07, 6.45) is 1.15. The predicted octanol–water partition coefficient (Wildman–Crippen LogP) is 3.38. The summed E-state index contributed by atoms with van der Waals surface area (Å²) < 4.78 is 27.0. The summed E-state index contributed by atoms with van der Waals surface area (Å²) in [6.45, 7) is 3.13. The maximum absolute atomic E-state index is 13.7. The van der Waals surface area contributed by atoms with Gasteiger partial charge in [0.1, 0.15) is 11.6 Å². The van der Waals surface area contributed by atoms with Crippen molar-refractivity contribution in [3.8, 4) is 0 Å². The SMILES string of the molecule is CCC(=O)N1CCSC(c2cc(F)ccc2F)CC1. The molecule has 1 atom stereocenters. The van der Waals surface area contributed by atoms with Crippen molar-refractivity contribution in [1.82, 2.24) is 4.90 Å². The first-order chi connectivity index (χ1) is 9.11. The van der Waals surface area contributed by atoms with Crippen molar-refractivity contribution >= 4 is 17.7 Å². The maximum atomic E-state index is 13.7. The van der Waals surface area contributed by atoms with Crippen LogP contribution < -0.4 is 0 Å². The van der Waals surface area contributed by atoms with Crippen LogP contribution in [-0.2, 0) is 4.79 Å². The fraction of sp³-hybridized carbons (Fsp3) is 0.500. The lowest BCUT2D eigenvalue weighted by atomic mass is 10.1. The van der Waals surface area contributed by atoms with E-state index in [1.807, 2.05) is 11.8 Å². The van der Waals surface area contributed by atoms with E-state index in [4.69, 9.17) is 0 Å². The highest BCUT2D eigenvalue weighted by atomic mass is 32.2. The van der Waals surface area contributed by atoms with Gasteiger partial charge in [0, 0.05) is 36.1 Å². The van der Waals surface area contributed by atoms with E-state index in [-0.39, 0.29) is 17.0 Å². The molecule has 1 aliphatic heterocycles. The Balaban J connectivity index is 2.10. The Labute approximate surface area is 116 Å². The Morgan fingerprint density at radius 2 is 2.21 bits per heavy atom. The minimum Gasteiger partial charge on any atom is -0.342 e. The molecule has 1 amide bonds. The number of amides is 1. The molecule has 1 aliphatic rings. The van der Waals surface area contributed by atoms with E-state index in [1.165, 1.54) is 12.1 Å². The fourth-order valence-electron chi connectivity index (χ4n) is 2.25. The summed E-state index contributed by atoms with van der Waals surface area (Å²) in [5, 5.41) is -0.0784. The van der Waals surface area contributed by atoms with Crippen molar-refractivity contribution in [3.63, 3.8) is 0 Å². The standard InChI is InChI=1S/C14H17F2NOS/c1-2-14(18)17-6-5-13(19-8-7-17)11-9-10(15)3-4-12(11)16/h3-4,9,13H,2,5-8H2,1H3. The van der Waals surface area contributed by atoms with Gasteiger partial charge in [-0.3, -0.25) is 4.79 Å². The molecule has 1 fully saturated rings. The van der Waals surface area contributed by atoms with Gasteiger partial charge in [-0.25, -0.2) is 8.78 Å².